The third kappa shape index (κ3) is 6.36. The van der Waals surface area contributed by atoms with Crippen LogP contribution in [0.3, 0.4) is 0 Å². The van der Waals surface area contributed by atoms with Crippen LogP contribution in [0.1, 0.15) is 41.8 Å². The van der Waals surface area contributed by atoms with Gasteiger partial charge in [0.1, 0.15) is 17.2 Å². The van der Waals surface area contributed by atoms with Crippen LogP contribution in [0.4, 0.5) is 5.69 Å². The summed E-state index contributed by atoms with van der Waals surface area (Å²) >= 11 is 0. The van der Waals surface area contributed by atoms with Gasteiger partial charge in [0, 0.05) is 29.6 Å². The van der Waals surface area contributed by atoms with Crippen LogP contribution < -0.4 is 14.4 Å². The van der Waals surface area contributed by atoms with Gasteiger partial charge in [-0.3, -0.25) is 14.4 Å². The standard InChI is InChI=1S/C35H33NO6/c1-35(2,26-9-5-4-6-10-26)27-12-16-29(17-13-27)42-30-18-14-28(15-19-30)36-22-25(21-33(36)38)34(39)41-23-32(37)24-8-7-11-31(20-24)40-3/h4-20,25H,21-23H2,1-3H3/t25-/m0/s1. The Bertz CT molecular complexity index is 1560. The number of carbonyl (C=O) groups excluding carboxylic acids is 3. The molecule has 0 radical (unpaired) electrons. The molecule has 4 aromatic rings. The summed E-state index contributed by atoms with van der Waals surface area (Å²) in [5.41, 5.74) is 3.33. The first-order valence-electron chi connectivity index (χ1n) is 13.8. The molecule has 42 heavy (non-hydrogen) atoms. The highest BCUT2D eigenvalue weighted by Gasteiger charge is 2.36. The molecule has 1 heterocycles. The average Bonchev–Trinajstić information content (AvgIpc) is 3.42. The van der Waals surface area contributed by atoms with E-state index in [-0.39, 0.29) is 30.1 Å². The maximum atomic E-state index is 12.7. The van der Waals surface area contributed by atoms with E-state index in [9.17, 15) is 14.4 Å². The molecular formula is C35H33NO6. The Hall–Kier alpha value is -4.91. The Balaban J connectivity index is 1.16. The number of anilines is 1. The number of ketones is 1. The van der Waals surface area contributed by atoms with Gasteiger partial charge in [0.15, 0.2) is 12.4 Å². The lowest BCUT2D eigenvalue weighted by Gasteiger charge is -2.26. The molecule has 0 spiro atoms. The Labute approximate surface area is 245 Å². The number of Topliss-reactive ketones (excluding diaryl/α,β-unsaturated/α-hetero) is 1. The summed E-state index contributed by atoms with van der Waals surface area (Å²) in [5.74, 6) is 0.147. The number of methoxy groups -OCH3 is 1. The number of hydrogen-bond donors (Lipinski definition) is 0. The zero-order chi connectivity index (χ0) is 29.7. The molecule has 7 nitrogen and oxygen atoms in total. The maximum Gasteiger partial charge on any atom is 0.311 e. The summed E-state index contributed by atoms with van der Waals surface area (Å²) in [4.78, 5) is 39.4. The van der Waals surface area contributed by atoms with E-state index in [1.807, 2.05) is 30.3 Å². The van der Waals surface area contributed by atoms with Crippen molar-refractivity contribution in [2.75, 3.05) is 25.2 Å². The highest BCUT2D eigenvalue weighted by molar-refractivity contribution is 6.01. The molecule has 1 aliphatic heterocycles. The lowest BCUT2D eigenvalue weighted by atomic mass is 9.78. The van der Waals surface area contributed by atoms with E-state index in [0.717, 1.165) is 0 Å². The van der Waals surface area contributed by atoms with Gasteiger partial charge in [0.05, 0.1) is 13.0 Å². The van der Waals surface area contributed by atoms with Gasteiger partial charge in [0.25, 0.3) is 0 Å². The monoisotopic (exact) mass is 563 g/mol. The summed E-state index contributed by atoms with van der Waals surface area (Å²) in [7, 11) is 1.51. The van der Waals surface area contributed by atoms with Crippen molar-refractivity contribution in [1.82, 2.24) is 0 Å². The van der Waals surface area contributed by atoms with E-state index in [2.05, 4.69) is 38.1 Å². The van der Waals surface area contributed by atoms with Crippen LogP contribution in [-0.2, 0) is 19.7 Å². The molecule has 1 atom stereocenters. The summed E-state index contributed by atoms with van der Waals surface area (Å²) < 4.78 is 16.4. The summed E-state index contributed by atoms with van der Waals surface area (Å²) in [6, 6.07) is 32.2. The van der Waals surface area contributed by atoms with Crippen molar-refractivity contribution in [3.05, 3.63) is 120 Å². The van der Waals surface area contributed by atoms with Gasteiger partial charge in [-0.2, -0.15) is 0 Å². The Morgan fingerprint density at radius 1 is 0.810 bits per heavy atom. The van der Waals surface area contributed by atoms with Crippen LogP contribution in [-0.4, -0.2) is 37.9 Å². The molecule has 0 saturated carbocycles. The number of nitrogens with zero attached hydrogens (tertiary/aromatic N) is 1. The molecule has 1 fully saturated rings. The minimum atomic E-state index is -0.648. The van der Waals surface area contributed by atoms with E-state index >= 15 is 0 Å². The molecule has 0 N–H and O–H groups in total. The minimum absolute atomic E-state index is 0.0239. The third-order valence-corrected chi connectivity index (χ3v) is 7.65. The third-order valence-electron chi connectivity index (χ3n) is 7.65. The van der Waals surface area contributed by atoms with Gasteiger partial charge in [-0.1, -0.05) is 68.4 Å². The zero-order valence-corrected chi connectivity index (χ0v) is 23.9. The highest BCUT2D eigenvalue weighted by atomic mass is 16.5. The van der Waals surface area contributed by atoms with Gasteiger partial charge in [-0.25, -0.2) is 0 Å². The number of hydrogen-bond acceptors (Lipinski definition) is 6. The quantitative estimate of drug-likeness (QED) is 0.160. The lowest BCUT2D eigenvalue weighted by Crippen LogP contribution is -2.27. The van der Waals surface area contributed by atoms with Crippen molar-refractivity contribution in [2.45, 2.75) is 25.7 Å². The number of ether oxygens (including phenoxy) is 3. The molecule has 0 bridgehead atoms. The molecule has 1 aliphatic rings. The fourth-order valence-corrected chi connectivity index (χ4v) is 5.04. The first-order valence-corrected chi connectivity index (χ1v) is 13.8. The largest absolute Gasteiger partial charge is 0.497 e. The highest BCUT2D eigenvalue weighted by Crippen LogP contribution is 2.34. The molecule has 0 unspecified atom stereocenters. The second-order valence-corrected chi connectivity index (χ2v) is 10.8. The predicted octanol–water partition coefficient (Wildman–Crippen LogP) is 6.59. The molecule has 0 aromatic heterocycles. The second-order valence-electron chi connectivity index (χ2n) is 10.8. The van der Waals surface area contributed by atoms with Crippen LogP contribution in [0.5, 0.6) is 17.2 Å². The Morgan fingerprint density at radius 3 is 2.12 bits per heavy atom. The molecule has 5 rings (SSSR count). The van der Waals surface area contributed by atoms with Crippen molar-refractivity contribution in [3.8, 4) is 17.2 Å². The number of esters is 1. The smallest absolute Gasteiger partial charge is 0.311 e. The molecule has 7 heteroatoms. The van der Waals surface area contributed by atoms with Gasteiger partial charge in [-0.15, -0.1) is 0 Å². The SMILES string of the molecule is COc1cccc(C(=O)COC(=O)[C@H]2CC(=O)N(c3ccc(Oc4ccc(C(C)(C)c5ccccc5)cc4)cc3)C2)c1. The van der Waals surface area contributed by atoms with Crippen LogP contribution in [0.25, 0.3) is 0 Å². The lowest BCUT2D eigenvalue weighted by molar-refractivity contribution is -0.147. The molecule has 1 amide bonds. The van der Waals surface area contributed by atoms with Crippen molar-refractivity contribution in [1.29, 1.82) is 0 Å². The zero-order valence-electron chi connectivity index (χ0n) is 23.9. The number of amides is 1. The van der Waals surface area contributed by atoms with Crippen molar-refractivity contribution in [3.63, 3.8) is 0 Å². The molecule has 0 aliphatic carbocycles. The average molecular weight is 564 g/mol. The van der Waals surface area contributed by atoms with E-state index in [1.54, 1.807) is 53.4 Å². The van der Waals surface area contributed by atoms with Crippen molar-refractivity contribution < 1.29 is 28.6 Å². The Kier molecular flexibility index (Phi) is 8.38. The van der Waals surface area contributed by atoms with E-state index in [1.165, 1.54) is 18.2 Å². The molecular weight excluding hydrogens is 530 g/mol. The van der Waals surface area contributed by atoms with Gasteiger partial charge in [0.2, 0.25) is 5.91 Å². The van der Waals surface area contributed by atoms with Crippen LogP contribution in [0.15, 0.2) is 103 Å². The normalized spacial score (nSPS) is 14.9. The summed E-state index contributed by atoms with van der Waals surface area (Å²) in [6.45, 7) is 4.18. The molecule has 4 aromatic carbocycles. The van der Waals surface area contributed by atoms with Gasteiger partial charge in [-0.05, 0) is 59.7 Å². The number of carbonyl (C=O) groups is 3. The van der Waals surface area contributed by atoms with Gasteiger partial charge < -0.3 is 19.1 Å². The molecule has 1 saturated heterocycles. The topological polar surface area (TPSA) is 82.1 Å². The van der Waals surface area contributed by atoms with Crippen molar-refractivity contribution in [2.24, 2.45) is 5.92 Å². The summed E-state index contributed by atoms with van der Waals surface area (Å²) in [5, 5.41) is 0. The summed E-state index contributed by atoms with van der Waals surface area (Å²) in [6.07, 6.45) is 0.0239. The Morgan fingerprint density at radius 2 is 1.45 bits per heavy atom. The predicted molar refractivity (Wildman–Crippen MR) is 160 cm³/mol. The number of rotatable bonds is 10. The van der Waals surface area contributed by atoms with E-state index < -0.39 is 18.5 Å². The van der Waals surface area contributed by atoms with Crippen LogP contribution >= 0.6 is 0 Å². The minimum Gasteiger partial charge on any atom is -0.497 e. The second kappa shape index (κ2) is 12.3. The fraction of sp³-hybridized carbons (Fsp3) is 0.229. The maximum absolute atomic E-state index is 12.7. The van der Waals surface area contributed by atoms with E-state index in [4.69, 9.17) is 14.2 Å². The fourth-order valence-electron chi connectivity index (χ4n) is 5.04. The van der Waals surface area contributed by atoms with Crippen LogP contribution in [0, 0.1) is 5.92 Å². The first kappa shape index (κ1) is 28.6. The van der Waals surface area contributed by atoms with Crippen molar-refractivity contribution >= 4 is 23.3 Å². The van der Waals surface area contributed by atoms with Gasteiger partial charge >= 0.3 is 5.97 Å². The number of benzene rings is 4. The van der Waals surface area contributed by atoms with Crippen LogP contribution in [0.2, 0.25) is 0 Å². The first-order chi connectivity index (χ1) is 20.2. The van der Waals surface area contributed by atoms with E-state index in [0.29, 0.717) is 28.5 Å². The molecule has 214 valence electrons.